The van der Waals surface area contributed by atoms with Gasteiger partial charge in [-0.15, -0.1) is 11.8 Å². The molecule has 0 aliphatic heterocycles. The van der Waals surface area contributed by atoms with Gasteiger partial charge in [0.15, 0.2) is 6.61 Å². The molecule has 2 rings (SSSR count). The minimum Gasteiger partial charge on any atom is -0.496 e. The van der Waals surface area contributed by atoms with Crippen molar-refractivity contribution in [1.82, 2.24) is 4.90 Å². The van der Waals surface area contributed by atoms with Crippen molar-refractivity contribution in [3.8, 4) is 5.75 Å². The summed E-state index contributed by atoms with van der Waals surface area (Å²) >= 11 is 1.55. The summed E-state index contributed by atoms with van der Waals surface area (Å²) < 4.78 is 10.4. The summed E-state index contributed by atoms with van der Waals surface area (Å²) in [7, 11) is 7.13. The molecule has 0 atom stereocenters. The number of hydrogen-bond acceptors (Lipinski definition) is 6. The van der Waals surface area contributed by atoms with Crippen molar-refractivity contribution in [2.24, 2.45) is 0 Å². The van der Waals surface area contributed by atoms with Crippen LogP contribution in [-0.2, 0) is 16.1 Å². The van der Waals surface area contributed by atoms with Gasteiger partial charge in [-0.2, -0.15) is 0 Å². The first-order chi connectivity index (χ1) is 13.3. The Labute approximate surface area is 170 Å². The number of esters is 1. The van der Waals surface area contributed by atoms with Crippen LogP contribution in [0.15, 0.2) is 47.4 Å². The zero-order valence-electron chi connectivity index (χ0n) is 16.9. The Morgan fingerprint density at radius 2 is 1.71 bits per heavy atom. The predicted octanol–water partition coefficient (Wildman–Crippen LogP) is 3.30. The number of nitrogens with zero attached hydrogens (tertiary/aromatic N) is 2. The number of carbonyl (C=O) groups is 2. The number of thioether (sulfide) groups is 1. The van der Waals surface area contributed by atoms with Crippen LogP contribution in [-0.4, -0.2) is 57.9 Å². The number of carbonyl (C=O) groups excluding carboxylic acids is 2. The molecule has 0 saturated carbocycles. The molecule has 150 valence electrons. The fourth-order valence-corrected chi connectivity index (χ4v) is 2.97. The van der Waals surface area contributed by atoms with Gasteiger partial charge in [-0.1, -0.05) is 12.1 Å². The molecule has 0 aliphatic rings. The summed E-state index contributed by atoms with van der Waals surface area (Å²) in [5, 5.41) is 0. The molecule has 28 heavy (non-hydrogen) atoms. The van der Waals surface area contributed by atoms with Crippen LogP contribution in [0.2, 0.25) is 0 Å². The Morgan fingerprint density at radius 3 is 2.29 bits per heavy atom. The zero-order chi connectivity index (χ0) is 20.7. The van der Waals surface area contributed by atoms with E-state index in [1.54, 1.807) is 30.9 Å². The molecule has 0 heterocycles. The van der Waals surface area contributed by atoms with Crippen molar-refractivity contribution in [2.75, 3.05) is 46.0 Å². The maximum absolute atomic E-state index is 12.3. The van der Waals surface area contributed by atoms with Gasteiger partial charge in [0.05, 0.1) is 7.11 Å². The van der Waals surface area contributed by atoms with E-state index in [0.29, 0.717) is 17.9 Å². The van der Waals surface area contributed by atoms with E-state index in [4.69, 9.17) is 9.47 Å². The fraction of sp³-hybridized carbons (Fsp3) is 0.333. The number of benzene rings is 2. The van der Waals surface area contributed by atoms with Gasteiger partial charge >= 0.3 is 5.97 Å². The summed E-state index contributed by atoms with van der Waals surface area (Å²) in [6.07, 6.45) is 1.94. The molecule has 0 unspecified atom stereocenters. The van der Waals surface area contributed by atoms with Gasteiger partial charge in [-0.05, 0) is 42.2 Å². The first-order valence-electron chi connectivity index (χ1n) is 8.75. The van der Waals surface area contributed by atoms with Gasteiger partial charge in [-0.3, -0.25) is 4.79 Å². The molecular weight excluding hydrogens is 376 g/mol. The third kappa shape index (κ3) is 5.66. The monoisotopic (exact) mass is 402 g/mol. The van der Waals surface area contributed by atoms with Gasteiger partial charge in [0.25, 0.3) is 5.91 Å². The summed E-state index contributed by atoms with van der Waals surface area (Å²) in [5.41, 5.74) is 2.39. The number of rotatable bonds is 8. The van der Waals surface area contributed by atoms with Gasteiger partial charge in [-0.25, -0.2) is 4.79 Å². The summed E-state index contributed by atoms with van der Waals surface area (Å²) in [4.78, 5) is 29.2. The van der Waals surface area contributed by atoms with E-state index in [9.17, 15) is 9.59 Å². The SMILES string of the molecule is COc1cc(SC)ccc1C(=O)OCC(=O)N(C)Cc1ccc(N(C)C)cc1. The van der Waals surface area contributed by atoms with Crippen LogP contribution in [0.3, 0.4) is 0 Å². The average molecular weight is 403 g/mol. The third-order valence-corrected chi connectivity index (χ3v) is 4.98. The molecule has 0 spiro atoms. The molecule has 0 radical (unpaired) electrons. The number of likely N-dealkylation sites (N-methyl/N-ethyl adjacent to an activating group) is 1. The molecular formula is C21H26N2O4S. The van der Waals surface area contributed by atoms with Crippen LogP contribution >= 0.6 is 11.8 Å². The summed E-state index contributed by atoms with van der Waals surface area (Å²) in [5.74, 6) is -0.426. The first kappa shape index (κ1) is 21.6. The van der Waals surface area contributed by atoms with Crippen LogP contribution in [0.1, 0.15) is 15.9 Å². The molecule has 2 aromatic rings. The Hall–Kier alpha value is -2.67. The predicted molar refractivity (Wildman–Crippen MR) is 112 cm³/mol. The molecule has 0 fully saturated rings. The highest BCUT2D eigenvalue weighted by molar-refractivity contribution is 7.98. The molecule has 2 aromatic carbocycles. The van der Waals surface area contributed by atoms with E-state index in [2.05, 4.69) is 0 Å². The van der Waals surface area contributed by atoms with E-state index in [1.807, 2.05) is 55.6 Å². The minimum atomic E-state index is -0.582. The first-order valence-corrected chi connectivity index (χ1v) is 9.97. The maximum atomic E-state index is 12.3. The normalized spacial score (nSPS) is 10.3. The van der Waals surface area contributed by atoms with Gasteiger partial charge < -0.3 is 19.3 Å². The van der Waals surface area contributed by atoms with E-state index >= 15 is 0 Å². The topological polar surface area (TPSA) is 59.1 Å². The van der Waals surface area contributed by atoms with Crippen molar-refractivity contribution in [2.45, 2.75) is 11.4 Å². The fourth-order valence-electron chi connectivity index (χ4n) is 2.54. The van der Waals surface area contributed by atoms with E-state index in [-0.39, 0.29) is 12.5 Å². The maximum Gasteiger partial charge on any atom is 0.342 e. The van der Waals surface area contributed by atoms with Gasteiger partial charge in [0, 0.05) is 38.3 Å². The van der Waals surface area contributed by atoms with Crippen LogP contribution in [0, 0.1) is 0 Å². The second kappa shape index (κ2) is 10.0. The second-order valence-electron chi connectivity index (χ2n) is 6.45. The number of anilines is 1. The molecule has 0 aliphatic carbocycles. The molecule has 0 saturated heterocycles. The van der Waals surface area contributed by atoms with Crippen molar-refractivity contribution in [1.29, 1.82) is 0 Å². The molecule has 0 bridgehead atoms. The smallest absolute Gasteiger partial charge is 0.342 e. The highest BCUT2D eigenvalue weighted by Crippen LogP contribution is 2.26. The number of amides is 1. The molecule has 7 heteroatoms. The lowest BCUT2D eigenvalue weighted by Crippen LogP contribution is -2.30. The highest BCUT2D eigenvalue weighted by Gasteiger charge is 2.17. The Bertz CT molecular complexity index is 822. The molecule has 6 nitrogen and oxygen atoms in total. The van der Waals surface area contributed by atoms with Gasteiger partial charge in [0.2, 0.25) is 0 Å². The van der Waals surface area contributed by atoms with E-state index in [0.717, 1.165) is 16.1 Å². The van der Waals surface area contributed by atoms with Crippen LogP contribution < -0.4 is 9.64 Å². The minimum absolute atomic E-state index is 0.273. The van der Waals surface area contributed by atoms with E-state index in [1.165, 1.54) is 12.0 Å². The van der Waals surface area contributed by atoms with E-state index < -0.39 is 5.97 Å². The van der Waals surface area contributed by atoms with Crippen LogP contribution in [0.5, 0.6) is 5.75 Å². The highest BCUT2D eigenvalue weighted by atomic mass is 32.2. The second-order valence-corrected chi connectivity index (χ2v) is 7.33. The summed E-state index contributed by atoms with van der Waals surface area (Å²) in [6, 6.07) is 13.2. The van der Waals surface area contributed by atoms with Gasteiger partial charge in [0.1, 0.15) is 11.3 Å². The average Bonchev–Trinajstić information content (AvgIpc) is 2.71. The Balaban J connectivity index is 1.92. The Morgan fingerprint density at radius 1 is 1.04 bits per heavy atom. The lowest BCUT2D eigenvalue weighted by Gasteiger charge is -2.18. The van der Waals surface area contributed by atoms with Crippen molar-refractivity contribution in [3.63, 3.8) is 0 Å². The molecule has 0 aromatic heterocycles. The summed E-state index contributed by atoms with van der Waals surface area (Å²) in [6.45, 7) is 0.119. The van der Waals surface area contributed by atoms with Crippen molar-refractivity contribution < 1.29 is 19.1 Å². The zero-order valence-corrected chi connectivity index (χ0v) is 17.7. The van der Waals surface area contributed by atoms with Crippen molar-refractivity contribution in [3.05, 3.63) is 53.6 Å². The standard InChI is InChI=1S/C21H26N2O4S/c1-22(2)16-8-6-15(7-9-16)13-23(3)20(24)14-27-21(25)18-11-10-17(28-5)12-19(18)26-4/h6-12H,13-14H2,1-5H3. The Kier molecular flexibility index (Phi) is 7.75. The molecule has 0 N–H and O–H groups in total. The quantitative estimate of drug-likeness (QED) is 0.499. The lowest BCUT2D eigenvalue weighted by atomic mass is 10.2. The van der Waals surface area contributed by atoms with Crippen LogP contribution in [0.25, 0.3) is 0 Å². The third-order valence-electron chi connectivity index (χ3n) is 4.25. The number of ether oxygens (including phenoxy) is 2. The van der Waals surface area contributed by atoms with Crippen LogP contribution in [0.4, 0.5) is 5.69 Å². The molecule has 1 amide bonds. The number of hydrogen-bond donors (Lipinski definition) is 0. The van der Waals surface area contributed by atoms with Crippen molar-refractivity contribution >= 4 is 29.3 Å². The largest absolute Gasteiger partial charge is 0.496 e. The lowest BCUT2D eigenvalue weighted by molar-refractivity contribution is -0.133. The number of methoxy groups -OCH3 is 1.